The van der Waals surface area contributed by atoms with Gasteiger partial charge in [0.15, 0.2) is 0 Å². The Kier molecular flexibility index (Phi) is 8.07. The van der Waals surface area contributed by atoms with Gasteiger partial charge in [-0.05, 0) is 98.3 Å². The summed E-state index contributed by atoms with van der Waals surface area (Å²) in [4.78, 5) is 31.3. The first-order chi connectivity index (χ1) is 19.2. The molecule has 2 aromatic carbocycles. The molecule has 1 aromatic heterocycles. The fraction of sp³-hybridized carbons (Fsp3) is 0.367. The van der Waals surface area contributed by atoms with Crippen LogP contribution >= 0.6 is 0 Å². The number of alkyl halides is 3. The van der Waals surface area contributed by atoms with E-state index in [1.807, 2.05) is 18.2 Å². The van der Waals surface area contributed by atoms with E-state index in [1.165, 1.54) is 19.3 Å². The first kappa shape index (κ1) is 27.6. The van der Waals surface area contributed by atoms with Crippen molar-refractivity contribution in [3.8, 4) is 11.5 Å². The number of nitrogens with zero attached hydrogens (tertiary/aromatic N) is 2. The standard InChI is InChI=1S/C30H31F3N4O3/c1-34-29(39)27-17-26(8-9-35-27)40-25-7-6-20-4-5-21(14-22(20)15-25)28(38)36-24-13-19(18-37-10-2-3-11-37)12-23(16-24)30(31,32)33/h6-9,12-13,15-17,21H,2-5,10-11,14,18H2,1H3,(H,34,39)(H,36,38). The number of carbonyl (C=O) groups excluding carboxylic acids is 2. The predicted molar refractivity (Wildman–Crippen MR) is 144 cm³/mol. The Bertz CT molecular complexity index is 1400. The van der Waals surface area contributed by atoms with Gasteiger partial charge in [-0.15, -0.1) is 0 Å². The van der Waals surface area contributed by atoms with E-state index >= 15 is 0 Å². The van der Waals surface area contributed by atoms with Crippen LogP contribution in [0.5, 0.6) is 11.5 Å². The van der Waals surface area contributed by atoms with Crippen LogP contribution in [0.1, 0.15) is 52.0 Å². The summed E-state index contributed by atoms with van der Waals surface area (Å²) in [7, 11) is 1.52. The number of aromatic nitrogens is 1. The number of ether oxygens (including phenoxy) is 1. The highest BCUT2D eigenvalue weighted by Gasteiger charge is 2.32. The van der Waals surface area contributed by atoms with Crippen molar-refractivity contribution in [2.45, 2.75) is 44.8 Å². The largest absolute Gasteiger partial charge is 0.457 e. The molecule has 1 unspecified atom stereocenters. The van der Waals surface area contributed by atoms with Gasteiger partial charge in [0.25, 0.3) is 5.91 Å². The Morgan fingerprint density at radius 1 is 1.02 bits per heavy atom. The van der Waals surface area contributed by atoms with E-state index in [2.05, 4.69) is 20.5 Å². The minimum absolute atomic E-state index is 0.168. The molecule has 0 bridgehead atoms. The summed E-state index contributed by atoms with van der Waals surface area (Å²) >= 11 is 0. The molecule has 2 aliphatic rings. The second kappa shape index (κ2) is 11.7. The first-order valence-corrected chi connectivity index (χ1v) is 13.4. The van der Waals surface area contributed by atoms with Crippen LogP contribution in [0.2, 0.25) is 0 Å². The van der Waals surface area contributed by atoms with Gasteiger partial charge in [0.05, 0.1) is 5.56 Å². The zero-order chi connectivity index (χ0) is 28.3. The molecule has 210 valence electrons. The number of benzene rings is 2. The number of anilines is 1. The molecule has 0 saturated carbocycles. The zero-order valence-electron chi connectivity index (χ0n) is 22.2. The number of aryl methyl sites for hydroxylation is 1. The van der Waals surface area contributed by atoms with Gasteiger partial charge in [-0.1, -0.05) is 6.07 Å². The van der Waals surface area contributed by atoms with Crippen molar-refractivity contribution < 1.29 is 27.5 Å². The lowest BCUT2D eigenvalue weighted by Crippen LogP contribution is -2.28. The molecule has 1 atom stereocenters. The van der Waals surface area contributed by atoms with Gasteiger partial charge < -0.3 is 15.4 Å². The Morgan fingerprint density at radius 3 is 2.55 bits per heavy atom. The number of pyridine rings is 1. The topological polar surface area (TPSA) is 83.6 Å². The van der Waals surface area contributed by atoms with Crippen LogP contribution in [0.25, 0.3) is 0 Å². The summed E-state index contributed by atoms with van der Waals surface area (Å²) in [6, 6.07) is 12.7. The van der Waals surface area contributed by atoms with Crippen LogP contribution in [-0.4, -0.2) is 41.8 Å². The van der Waals surface area contributed by atoms with Gasteiger partial charge in [0.2, 0.25) is 5.91 Å². The minimum Gasteiger partial charge on any atom is -0.457 e. The van der Waals surface area contributed by atoms with E-state index in [0.717, 1.165) is 43.1 Å². The SMILES string of the molecule is CNC(=O)c1cc(Oc2ccc3c(c2)CC(C(=O)Nc2cc(CN4CCCC4)cc(C(F)(F)F)c2)CC3)ccn1. The molecule has 10 heteroatoms. The van der Waals surface area contributed by atoms with E-state index in [1.54, 1.807) is 18.2 Å². The smallest absolute Gasteiger partial charge is 0.416 e. The molecule has 5 rings (SSSR count). The van der Waals surface area contributed by atoms with Crippen molar-refractivity contribution in [1.82, 2.24) is 15.2 Å². The number of amides is 2. The van der Waals surface area contributed by atoms with Crippen molar-refractivity contribution in [3.05, 3.63) is 82.7 Å². The lowest BCUT2D eigenvalue weighted by Gasteiger charge is -2.25. The van der Waals surface area contributed by atoms with E-state index in [0.29, 0.717) is 42.9 Å². The summed E-state index contributed by atoms with van der Waals surface area (Å²) in [6.07, 6.45) is 0.776. The van der Waals surface area contributed by atoms with Crippen molar-refractivity contribution in [2.75, 3.05) is 25.5 Å². The van der Waals surface area contributed by atoms with Crippen LogP contribution in [0.15, 0.2) is 54.7 Å². The third-order valence-corrected chi connectivity index (χ3v) is 7.40. The summed E-state index contributed by atoms with van der Waals surface area (Å²) < 4.78 is 46.8. The molecule has 2 N–H and O–H groups in total. The Hall–Kier alpha value is -3.92. The highest BCUT2D eigenvalue weighted by atomic mass is 19.4. The molecule has 0 radical (unpaired) electrons. The van der Waals surface area contributed by atoms with Crippen molar-refractivity contribution in [1.29, 1.82) is 0 Å². The van der Waals surface area contributed by atoms with Gasteiger partial charge in [-0.3, -0.25) is 19.5 Å². The summed E-state index contributed by atoms with van der Waals surface area (Å²) in [5.41, 5.74) is 2.23. The molecule has 0 spiro atoms. The van der Waals surface area contributed by atoms with Crippen LogP contribution in [-0.2, 0) is 30.4 Å². The molecular weight excluding hydrogens is 521 g/mol. The average Bonchev–Trinajstić information content (AvgIpc) is 3.44. The number of nitrogens with one attached hydrogen (secondary N) is 2. The molecule has 1 fully saturated rings. The summed E-state index contributed by atoms with van der Waals surface area (Å²) in [5.74, 6) is -0.00668. The number of rotatable bonds is 7. The van der Waals surface area contributed by atoms with Gasteiger partial charge in [-0.25, -0.2) is 0 Å². The second-order valence-corrected chi connectivity index (χ2v) is 10.3. The zero-order valence-corrected chi connectivity index (χ0v) is 22.2. The normalized spacial score (nSPS) is 17.2. The Morgan fingerprint density at radius 2 is 1.80 bits per heavy atom. The Labute approximate surface area is 230 Å². The predicted octanol–water partition coefficient (Wildman–Crippen LogP) is 5.59. The number of hydrogen-bond donors (Lipinski definition) is 2. The van der Waals surface area contributed by atoms with E-state index < -0.39 is 11.7 Å². The van der Waals surface area contributed by atoms with E-state index in [-0.39, 0.29) is 29.1 Å². The number of halogens is 3. The maximum absolute atomic E-state index is 13.6. The number of carbonyl (C=O) groups is 2. The van der Waals surface area contributed by atoms with Crippen LogP contribution < -0.4 is 15.4 Å². The molecule has 3 aromatic rings. The number of hydrogen-bond acceptors (Lipinski definition) is 5. The minimum atomic E-state index is -4.50. The fourth-order valence-electron chi connectivity index (χ4n) is 5.35. The number of fused-ring (bicyclic) bond motifs is 1. The fourth-order valence-corrected chi connectivity index (χ4v) is 5.35. The molecule has 1 saturated heterocycles. The molecule has 7 nitrogen and oxygen atoms in total. The first-order valence-electron chi connectivity index (χ1n) is 13.4. The second-order valence-electron chi connectivity index (χ2n) is 10.3. The maximum atomic E-state index is 13.6. The van der Waals surface area contributed by atoms with Crippen LogP contribution in [0.3, 0.4) is 0 Å². The van der Waals surface area contributed by atoms with Gasteiger partial charge in [-0.2, -0.15) is 13.2 Å². The molecule has 2 amide bonds. The average molecular weight is 553 g/mol. The highest BCUT2D eigenvalue weighted by Crippen LogP contribution is 2.34. The van der Waals surface area contributed by atoms with Crippen molar-refractivity contribution in [2.24, 2.45) is 5.92 Å². The van der Waals surface area contributed by atoms with Gasteiger partial charge in [0.1, 0.15) is 17.2 Å². The van der Waals surface area contributed by atoms with Gasteiger partial charge in [0, 0.05) is 37.5 Å². The van der Waals surface area contributed by atoms with Gasteiger partial charge >= 0.3 is 6.18 Å². The lowest BCUT2D eigenvalue weighted by atomic mass is 9.83. The quantitative estimate of drug-likeness (QED) is 0.399. The lowest BCUT2D eigenvalue weighted by molar-refractivity contribution is -0.137. The molecular formula is C30H31F3N4O3. The van der Waals surface area contributed by atoms with Crippen LogP contribution in [0, 0.1) is 5.92 Å². The maximum Gasteiger partial charge on any atom is 0.416 e. The molecule has 2 heterocycles. The van der Waals surface area contributed by atoms with E-state index in [9.17, 15) is 22.8 Å². The summed E-state index contributed by atoms with van der Waals surface area (Å²) in [5, 5.41) is 5.29. The molecule has 40 heavy (non-hydrogen) atoms. The highest BCUT2D eigenvalue weighted by molar-refractivity contribution is 5.93. The van der Waals surface area contributed by atoms with Crippen molar-refractivity contribution in [3.63, 3.8) is 0 Å². The van der Waals surface area contributed by atoms with Crippen LogP contribution in [0.4, 0.5) is 18.9 Å². The third-order valence-electron chi connectivity index (χ3n) is 7.40. The molecule has 1 aliphatic carbocycles. The number of likely N-dealkylation sites (tertiary alicyclic amines) is 1. The monoisotopic (exact) mass is 552 g/mol. The molecule has 1 aliphatic heterocycles. The third kappa shape index (κ3) is 6.62. The van der Waals surface area contributed by atoms with E-state index in [4.69, 9.17) is 4.74 Å². The summed E-state index contributed by atoms with van der Waals surface area (Å²) in [6.45, 7) is 2.15. The van der Waals surface area contributed by atoms with Crippen molar-refractivity contribution >= 4 is 17.5 Å². The Balaban J connectivity index is 1.29.